The molecule has 3 aromatic rings. The number of carbonyl (C=O) groups is 1. The SMILES string of the molecule is Cc1cccc(/C=N\NC(=O)c2cc3c(s2)-c2ccccc2CC3)c1. The molecule has 1 N–H and O–H groups in total. The number of thiophene rings is 1. The fourth-order valence-corrected chi connectivity index (χ4v) is 4.32. The molecule has 1 aliphatic carbocycles. The summed E-state index contributed by atoms with van der Waals surface area (Å²) < 4.78 is 0. The molecule has 1 aliphatic rings. The number of fused-ring (bicyclic) bond motifs is 3. The number of nitrogens with one attached hydrogen (secondary N) is 1. The number of carbonyl (C=O) groups excluding carboxylic acids is 1. The van der Waals surface area contributed by atoms with Crippen LogP contribution in [0.2, 0.25) is 0 Å². The summed E-state index contributed by atoms with van der Waals surface area (Å²) in [5.74, 6) is -0.152. The van der Waals surface area contributed by atoms with Gasteiger partial charge in [-0.1, -0.05) is 54.1 Å². The van der Waals surface area contributed by atoms with Crippen LogP contribution < -0.4 is 5.43 Å². The maximum Gasteiger partial charge on any atom is 0.281 e. The molecule has 0 saturated heterocycles. The lowest BCUT2D eigenvalue weighted by atomic mass is 9.91. The predicted molar refractivity (Wildman–Crippen MR) is 103 cm³/mol. The van der Waals surface area contributed by atoms with Gasteiger partial charge in [-0.2, -0.15) is 5.10 Å². The Morgan fingerprint density at radius 3 is 2.80 bits per heavy atom. The van der Waals surface area contributed by atoms with Gasteiger partial charge in [0.15, 0.2) is 0 Å². The average molecular weight is 346 g/mol. The summed E-state index contributed by atoms with van der Waals surface area (Å²) in [5.41, 5.74) is 8.66. The van der Waals surface area contributed by atoms with Crippen LogP contribution in [0.25, 0.3) is 10.4 Å². The Balaban J connectivity index is 1.52. The van der Waals surface area contributed by atoms with Gasteiger partial charge in [0.25, 0.3) is 5.91 Å². The molecule has 0 saturated carbocycles. The van der Waals surface area contributed by atoms with E-state index in [1.165, 1.54) is 27.1 Å². The molecule has 25 heavy (non-hydrogen) atoms. The summed E-state index contributed by atoms with van der Waals surface area (Å²) in [4.78, 5) is 14.3. The molecule has 0 radical (unpaired) electrons. The number of hydrogen-bond donors (Lipinski definition) is 1. The van der Waals surface area contributed by atoms with Crippen molar-refractivity contribution in [3.63, 3.8) is 0 Å². The van der Waals surface area contributed by atoms with Gasteiger partial charge in [-0.15, -0.1) is 11.3 Å². The highest BCUT2D eigenvalue weighted by Gasteiger charge is 2.21. The van der Waals surface area contributed by atoms with Crippen LogP contribution in [0, 0.1) is 6.92 Å². The van der Waals surface area contributed by atoms with Crippen molar-refractivity contribution in [2.24, 2.45) is 5.10 Å². The molecule has 0 aliphatic heterocycles. The van der Waals surface area contributed by atoms with Crippen molar-refractivity contribution in [3.8, 4) is 10.4 Å². The molecule has 1 amide bonds. The summed E-state index contributed by atoms with van der Waals surface area (Å²) in [6.07, 6.45) is 3.70. The van der Waals surface area contributed by atoms with Gasteiger partial charge < -0.3 is 0 Å². The van der Waals surface area contributed by atoms with Gasteiger partial charge in [-0.05, 0) is 48.1 Å². The van der Waals surface area contributed by atoms with Gasteiger partial charge >= 0.3 is 0 Å². The number of aryl methyl sites for hydroxylation is 3. The van der Waals surface area contributed by atoms with Crippen molar-refractivity contribution < 1.29 is 4.79 Å². The third-order valence-corrected chi connectivity index (χ3v) is 5.59. The third-order valence-electron chi connectivity index (χ3n) is 4.38. The second kappa shape index (κ2) is 6.65. The number of hydrazone groups is 1. The zero-order valence-corrected chi connectivity index (χ0v) is 14.8. The fourth-order valence-electron chi connectivity index (χ4n) is 3.15. The number of nitrogens with zero attached hydrogens (tertiary/aromatic N) is 1. The van der Waals surface area contributed by atoms with E-state index in [0.29, 0.717) is 4.88 Å². The Kier molecular flexibility index (Phi) is 4.20. The highest BCUT2D eigenvalue weighted by atomic mass is 32.1. The van der Waals surface area contributed by atoms with Crippen molar-refractivity contribution in [2.75, 3.05) is 0 Å². The molecule has 4 rings (SSSR count). The molecule has 4 heteroatoms. The maximum atomic E-state index is 12.4. The topological polar surface area (TPSA) is 41.5 Å². The highest BCUT2D eigenvalue weighted by molar-refractivity contribution is 7.17. The summed E-state index contributed by atoms with van der Waals surface area (Å²) in [5, 5.41) is 4.09. The van der Waals surface area contributed by atoms with E-state index >= 15 is 0 Å². The van der Waals surface area contributed by atoms with Crippen LogP contribution in [-0.2, 0) is 12.8 Å². The van der Waals surface area contributed by atoms with E-state index in [4.69, 9.17) is 0 Å². The maximum absolute atomic E-state index is 12.4. The van der Waals surface area contributed by atoms with Gasteiger partial charge in [-0.3, -0.25) is 4.79 Å². The first-order valence-electron chi connectivity index (χ1n) is 8.32. The molecule has 3 nitrogen and oxygen atoms in total. The van der Waals surface area contributed by atoms with E-state index in [1.54, 1.807) is 17.6 Å². The first-order valence-corrected chi connectivity index (χ1v) is 9.13. The summed E-state index contributed by atoms with van der Waals surface area (Å²) >= 11 is 1.55. The predicted octanol–water partition coefficient (Wildman–Crippen LogP) is 4.59. The largest absolute Gasteiger partial charge is 0.281 e. The molecular formula is C21H18N2OS. The van der Waals surface area contributed by atoms with Crippen LogP contribution in [0.15, 0.2) is 59.7 Å². The molecule has 124 valence electrons. The van der Waals surface area contributed by atoms with E-state index in [2.05, 4.69) is 34.8 Å². The lowest BCUT2D eigenvalue weighted by Gasteiger charge is -2.15. The molecule has 1 aromatic heterocycles. The first kappa shape index (κ1) is 15.8. The molecule has 1 heterocycles. The van der Waals surface area contributed by atoms with Crippen LogP contribution >= 0.6 is 11.3 Å². The van der Waals surface area contributed by atoms with Gasteiger partial charge in [-0.25, -0.2) is 5.43 Å². The zero-order chi connectivity index (χ0) is 17.2. The molecule has 0 spiro atoms. The minimum atomic E-state index is -0.152. The van der Waals surface area contributed by atoms with E-state index in [-0.39, 0.29) is 5.91 Å². The van der Waals surface area contributed by atoms with Crippen LogP contribution in [0.1, 0.15) is 31.9 Å². The number of hydrogen-bond acceptors (Lipinski definition) is 3. The van der Waals surface area contributed by atoms with E-state index < -0.39 is 0 Å². The molecule has 0 fully saturated rings. The van der Waals surface area contributed by atoms with E-state index in [1.807, 2.05) is 37.3 Å². The quantitative estimate of drug-likeness (QED) is 0.547. The lowest BCUT2D eigenvalue weighted by molar-refractivity contribution is 0.0959. The van der Waals surface area contributed by atoms with E-state index in [9.17, 15) is 4.79 Å². The van der Waals surface area contributed by atoms with Crippen LogP contribution in [0.5, 0.6) is 0 Å². The van der Waals surface area contributed by atoms with Crippen LogP contribution in [0.4, 0.5) is 0 Å². The average Bonchev–Trinajstić information content (AvgIpc) is 3.07. The van der Waals surface area contributed by atoms with Gasteiger partial charge in [0.2, 0.25) is 0 Å². The van der Waals surface area contributed by atoms with Gasteiger partial charge in [0.05, 0.1) is 11.1 Å². The number of benzene rings is 2. The second-order valence-corrected chi connectivity index (χ2v) is 7.29. The molecule has 0 bridgehead atoms. The van der Waals surface area contributed by atoms with Crippen molar-refractivity contribution in [1.29, 1.82) is 0 Å². The Morgan fingerprint density at radius 2 is 1.92 bits per heavy atom. The summed E-state index contributed by atoms with van der Waals surface area (Å²) in [7, 11) is 0. The molecule has 2 aromatic carbocycles. The molecular weight excluding hydrogens is 328 g/mol. The van der Waals surface area contributed by atoms with Gasteiger partial charge in [0.1, 0.15) is 0 Å². The summed E-state index contributed by atoms with van der Waals surface area (Å²) in [6.45, 7) is 2.03. The highest BCUT2D eigenvalue weighted by Crippen LogP contribution is 2.39. The van der Waals surface area contributed by atoms with Crippen molar-refractivity contribution in [2.45, 2.75) is 19.8 Å². The molecule has 0 unspecified atom stereocenters. The fraction of sp³-hybridized carbons (Fsp3) is 0.143. The monoisotopic (exact) mass is 346 g/mol. The Hall–Kier alpha value is -2.72. The number of rotatable bonds is 3. The Morgan fingerprint density at radius 1 is 1.08 bits per heavy atom. The minimum Gasteiger partial charge on any atom is -0.266 e. The zero-order valence-electron chi connectivity index (χ0n) is 14.0. The third kappa shape index (κ3) is 3.26. The van der Waals surface area contributed by atoms with Crippen LogP contribution in [0.3, 0.4) is 0 Å². The Bertz CT molecular complexity index is 972. The first-order chi connectivity index (χ1) is 12.2. The lowest BCUT2D eigenvalue weighted by Crippen LogP contribution is -2.16. The summed E-state index contributed by atoms with van der Waals surface area (Å²) in [6, 6.07) is 18.4. The van der Waals surface area contributed by atoms with Crippen LogP contribution in [-0.4, -0.2) is 12.1 Å². The number of amides is 1. The standard InChI is InChI=1S/C21H18N2OS/c1-14-5-4-6-15(11-14)13-22-23-21(24)19-12-17-10-9-16-7-2-3-8-18(16)20(17)25-19/h2-8,11-13H,9-10H2,1H3,(H,23,24)/b22-13-. The second-order valence-electron chi connectivity index (χ2n) is 6.24. The van der Waals surface area contributed by atoms with Crippen molar-refractivity contribution >= 4 is 23.5 Å². The van der Waals surface area contributed by atoms with Crippen molar-refractivity contribution in [3.05, 3.63) is 81.7 Å². The smallest absolute Gasteiger partial charge is 0.266 e. The van der Waals surface area contributed by atoms with Gasteiger partial charge in [0, 0.05) is 4.88 Å². The minimum absolute atomic E-state index is 0.152. The van der Waals surface area contributed by atoms with E-state index in [0.717, 1.165) is 18.4 Å². The van der Waals surface area contributed by atoms with Crippen molar-refractivity contribution in [1.82, 2.24) is 5.43 Å². The Labute approximate surface area is 151 Å². The normalized spacial score (nSPS) is 12.7. The molecule has 0 atom stereocenters.